The Labute approximate surface area is 186 Å². The van der Waals surface area contributed by atoms with Crippen LogP contribution in [-0.4, -0.2) is 40.4 Å². The normalized spacial score (nSPS) is 12.0. The topological polar surface area (TPSA) is 115 Å². The molecule has 8 nitrogen and oxygen atoms in total. The molecule has 168 valence electrons. The Morgan fingerprint density at radius 3 is 2.25 bits per heavy atom. The molecule has 1 aromatic heterocycles. The van der Waals surface area contributed by atoms with Crippen molar-refractivity contribution in [1.29, 1.82) is 0 Å². The summed E-state index contributed by atoms with van der Waals surface area (Å²) in [7, 11) is -2.28. The summed E-state index contributed by atoms with van der Waals surface area (Å²) >= 11 is 0. The van der Waals surface area contributed by atoms with Crippen LogP contribution >= 0.6 is 0 Å². The lowest BCUT2D eigenvalue weighted by Gasteiger charge is -2.16. The second-order valence-electron chi connectivity index (χ2n) is 6.93. The third-order valence-electron chi connectivity index (χ3n) is 4.82. The molecule has 3 aromatic rings. The fraction of sp³-hybridized carbons (Fsp3) is 0.217. The number of ether oxygens (including phenoxy) is 1. The van der Waals surface area contributed by atoms with E-state index >= 15 is 0 Å². The fourth-order valence-corrected chi connectivity index (χ4v) is 4.68. The molecule has 3 rings (SSSR count). The number of hydrogen-bond donors (Lipinski definition) is 2. The molecule has 0 aliphatic rings. The van der Waals surface area contributed by atoms with Crippen LogP contribution in [0.3, 0.4) is 0 Å². The number of carbonyl (C=O) groups is 2. The van der Waals surface area contributed by atoms with E-state index in [1.807, 2.05) is 24.3 Å². The van der Waals surface area contributed by atoms with Gasteiger partial charge in [0.1, 0.15) is 16.8 Å². The summed E-state index contributed by atoms with van der Waals surface area (Å²) in [6.45, 7) is -0.0576. The summed E-state index contributed by atoms with van der Waals surface area (Å²) < 4.78 is 36.5. The molecule has 2 amide bonds. The van der Waals surface area contributed by atoms with E-state index in [-0.39, 0.29) is 23.7 Å². The Kier molecular flexibility index (Phi) is 7.67. The van der Waals surface area contributed by atoms with Crippen LogP contribution < -0.4 is 15.4 Å². The molecule has 0 unspecified atom stereocenters. The molecular formula is C23H24N2O6S. The smallest absolute Gasteiger partial charge is 0.309 e. The zero-order valence-corrected chi connectivity index (χ0v) is 18.3. The Bertz CT molecular complexity index is 1130. The van der Waals surface area contributed by atoms with Crippen LogP contribution in [-0.2, 0) is 25.8 Å². The van der Waals surface area contributed by atoms with Gasteiger partial charge in [0.15, 0.2) is 9.84 Å². The summed E-state index contributed by atoms with van der Waals surface area (Å²) in [5, 5.41) is 3.77. The molecule has 2 N–H and O–H groups in total. The highest BCUT2D eigenvalue weighted by molar-refractivity contribution is 7.91. The maximum absolute atomic E-state index is 13.1. The average Bonchev–Trinajstić information content (AvgIpc) is 3.34. The number of sulfone groups is 1. The minimum Gasteiger partial charge on any atom is -0.497 e. The predicted octanol–water partition coefficient (Wildman–Crippen LogP) is 2.28. The zero-order valence-electron chi connectivity index (χ0n) is 17.5. The van der Waals surface area contributed by atoms with Gasteiger partial charge >= 0.3 is 11.8 Å². The molecule has 0 saturated heterocycles. The van der Waals surface area contributed by atoms with Crippen LogP contribution in [0.4, 0.5) is 0 Å². The van der Waals surface area contributed by atoms with Crippen molar-refractivity contribution in [3.8, 4) is 5.75 Å². The van der Waals surface area contributed by atoms with E-state index < -0.39 is 26.9 Å². The molecule has 0 aliphatic carbocycles. The summed E-state index contributed by atoms with van der Waals surface area (Å²) in [6.07, 6.45) is 1.89. The van der Waals surface area contributed by atoms with Crippen molar-refractivity contribution in [2.24, 2.45) is 0 Å². The van der Waals surface area contributed by atoms with Gasteiger partial charge in [0.25, 0.3) is 0 Å². The molecule has 0 bridgehead atoms. The number of amides is 2. The first-order valence-electron chi connectivity index (χ1n) is 9.93. The molecule has 1 atom stereocenters. The van der Waals surface area contributed by atoms with Gasteiger partial charge in [-0.15, -0.1) is 0 Å². The van der Waals surface area contributed by atoms with E-state index in [0.717, 1.165) is 11.3 Å². The van der Waals surface area contributed by atoms with Gasteiger partial charge in [0, 0.05) is 13.1 Å². The van der Waals surface area contributed by atoms with Crippen molar-refractivity contribution in [1.82, 2.24) is 10.6 Å². The number of carbonyl (C=O) groups excluding carboxylic acids is 2. The quantitative estimate of drug-likeness (QED) is 0.478. The number of rotatable bonds is 9. The number of nitrogens with one attached hydrogen (secondary N) is 2. The second kappa shape index (κ2) is 10.6. The third-order valence-corrected chi connectivity index (χ3v) is 6.90. The molecule has 1 heterocycles. The van der Waals surface area contributed by atoms with Crippen LogP contribution in [0.1, 0.15) is 16.6 Å². The van der Waals surface area contributed by atoms with Crippen molar-refractivity contribution in [3.05, 3.63) is 84.3 Å². The van der Waals surface area contributed by atoms with Crippen molar-refractivity contribution >= 4 is 21.7 Å². The first-order valence-corrected chi connectivity index (χ1v) is 11.5. The standard InChI is InChI=1S/C23H24N2O6S/c1-30-18-11-9-17(10-12-18)13-14-24-22(26)23(27)25-16-21(20-8-5-15-31-20)32(28,29)19-6-3-2-4-7-19/h2-12,15,21H,13-14,16H2,1H3,(H,24,26)(H,25,27)/t21-/m1/s1. The first-order chi connectivity index (χ1) is 15.4. The zero-order chi connectivity index (χ0) is 23.0. The summed E-state index contributed by atoms with van der Waals surface area (Å²) in [6, 6.07) is 18.3. The van der Waals surface area contributed by atoms with Gasteiger partial charge in [-0.3, -0.25) is 9.59 Å². The van der Waals surface area contributed by atoms with Gasteiger partial charge in [-0.05, 0) is 48.4 Å². The SMILES string of the molecule is COc1ccc(CCNC(=O)C(=O)NC[C@H](c2ccco2)S(=O)(=O)c2ccccc2)cc1. The van der Waals surface area contributed by atoms with E-state index in [2.05, 4.69) is 10.6 Å². The van der Waals surface area contributed by atoms with Crippen LogP contribution in [0.5, 0.6) is 5.75 Å². The summed E-state index contributed by atoms with van der Waals surface area (Å²) in [5.41, 5.74) is 0.971. The first kappa shape index (κ1) is 23.1. The Morgan fingerprint density at radius 2 is 1.62 bits per heavy atom. The molecule has 9 heteroatoms. The van der Waals surface area contributed by atoms with Gasteiger partial charge in [-0.2, -0.15) is 0 Å². The minimum atomic E-state index is -3.85. The lowest BCUT2D eigenvalue weighted by Crippen LogP contribution is -2.42. The van der Waals surface area contributed by atoms with Crippen LogP contribution in [0.2, 0.25) is 0 Å². The molecule has 0 fully saturated rings. The van der Waals surface area contributed by atoms with Crippen molar-refractivity contribution in [2.45, 2.75) is 16.6 Å². The average molecular weight is 457 g/mol. The van der Waals surface area contributed by atoms with E-state index in [1.54, 1.807) is 31.4 Å². The maximum Gasteiger partial charge on any atom is 0.309 e. The monoisotopic (exact) mass is 456 g/mol. The lowest BCUT2D eigenvalue weighted by atomic mass is 10.1. The molecule has 0 aliphatic heterocycles. The van der Waals surface area contributed by atoms with Gasteiger partial charge in [-0.1, -0.05) is 30.3 Å². The summed E-state index contributed by atoms with van der Waals surface area (Å²) in [5.74, 6) is -0.851. The highest BCUT2D eigenvalue weighted by atomic mass is 32.2. The molecular weight excluding hydrogens is 432 g/mol. The highest BCUT2D eigenvalue weighted by Gasteiger charge is 2.32. The van der Waals surface area contributed by atoms with Gasteiger partial charge in [0.05, 0.1) is 18.3 Å². The molecule has 0 saturated carbocycles. The summed E-state index contributed by atoms with van der Waals surface area (Å²) in [4.78, 5) is 24.5. The minimum absolute atomic E-state index is 0.0968. The number of hydrogen-bond acceptors (Lipinski definition) is 6. The van der Waals surface area contributed by atoms with Gasteiger partial charge in [-0.25, -0.2) is 8.42 Å². The highest BCUT2D eigenvalue weighted by Crippen LogP contribution is 2.28. The molecule has 32 heavy (non-hydrogen) atoms. The lowest BCUT2D eigenvalue weighted by molar-refractivity contribution is -0.139. The van der Waals surface area contributed by atoms with Crippen LogP contribution in [0.15, 0.2) is 82.3 Å². The molecule has 0 spiro atoms. The van der Waals surface area contributed by atoms with E-state index in [4.69, 9.17) is 9.15 Å². The van der Waals surface area contributed by atoms with Gasteiger partial charge in [0.2, 0.25) is 0 Å². The molecule has 2 aromatic carbocycles. The van der Waals surface area contributed by atoms with Crippen molar-refractivity contribution in [3.63, 3.8) is 0 Å². The van der Waals surface area contributed by atoms with Gasteiger partial charge < -0.3 is 19.8 Å². The van der Waals surface area contributed by atoms with Crippen molar-refractivity contribution in [2.75, 3.05) is 20.2 Å². The molecule has 0 radical (unpaired) electrons. The number of methoxy groups -OCH3 is 1. The third kappa shape index (κ3) is 5.76. The van der Waals surface area contributed by atoms with Crippen LogP contribution in [0.25, 0.3) is 0 Å². The Morgan fingerprint density at radius 1 is 0.938 bits per heavy atom. The van der Waals surface area contributed by atoms with Crippen molar-refractivity contribution < 1.29 is 27.2 Å². The van der Waals surface area contributed by atoms with E-state index in [1.165, 1.54) is 24.5 Å². The largest absolute Gasteiger partial charge is 0.497 e. The second-order valence-corrected chi connectivity index (χ2v) is 9.06. The maximum atomic E-state index is 13.1. The Hall–Kier alpha value is -3.59. The number of furan rings is 1. The number of benzene rings is 2. The fourth-order valence-electron chi connectivity index (χ4n) is 3.07. The van der Waals surface area contributed by atoms with E-state index in [9.17, 15) is 18.0 Å². The van der Waals surface area contributed by atoms with Crippen LogP contribution in [0, 0.1) is 0 Å². The predicted molar refractivity (Wildman–Crippen MR) is 118 cm³/mol. The van der Waals surface area contributed by atoms with E-state index in [0.29, 0.717) is 6.42 Å². The Balaban J connectivity index is 1.58.